The van der Waals surface area contributed by atoms with Crippen LogP contribution in [0.2, 0.25) is 0 Å². The third kappa shape index (κ3) is 2.91. The average molecular weight is 317 g/mol. The molecule has 2 aliphatic heterocycles. The van der Waals surface area contributed by atoms with Gasteiger partial charge in [-0.3, -0.25) is 4.79 Å². The molecule has 2 N–H and O–H groups in total. The lowest BCUT2D eigenvalue weighted by Crippen LogP contribution is -2.60. The molecule has 3 amide bonds. The van der Waals surface area contributed by atoms with Gasteiger partial charge in [-0.25, -0.2) is 4.79 Å². The number of nitrogens with zero attached hydrogens (tertiary/aromatic N) is 2. The molecule has 124 valence electrons. The van der Waals surface area contributed by atoms with Crippen LogP contribution < -0.4 is 5.32 Å². The molecule has 23 heavy (non-hydrogen) atoms. The minimum Gasteiger partial charge on any atom is -0.389 e. The molecule has 2 heterocycles. The van der Waals surface area contributed by atoms with Gasteiger partial charge in [-0.2, -0.15) is 0 Å². The van der Waals surface area contributed by atoms with Gasteiger partial charge in [0.05, 0.1) is 25.7 Å². The van der Waals surface area contributed by atoms with Gasteiger partial charge in [0, 0.05) is 5.69 Å². The van der Waals surface area contributed by atoms with Crippen molar-refractivity contribution in [1.29, 1.82) is 0 Å². The van der Waals surface area contributed by atoms with Gasteiger partial charge >= 0.3 is 6.03 Å². The number of para-hydroxylation sites is 1. The van der Waals surface area contributed by atoms with Crippen LogP contribution in [0.25, 0.3) is 0 Å². The van der Waals surface area contributed by atoms with Gasteiger partial charge in [0.2, 0.25) is 5.91 Å². The molecular weight excluding hydrogens is 294 g/mol. The number of aliphatic hydroxyl groups excluding tert-OH is 1. The first kappa shape index (κ1) is 15.8. The van der Waals surface area contributed by atoms with E-state index in [4.69, 9.17) is 0 Å². The van der Waals surface area contributed by atoms with Crippen LogP contribution in [-0.4, -0.2) is 52.1 Å². The summed E-state index contributed by atoms with van der Waals surface area (Å²) in [6, 6.07) is 6.90. The van der Waals surface area contributed by atoms with Gasteiger partial charge in [-0.05, 0) is 17.5 Å². The monoisotopic (exact) mass is 317 g/mol. The van der Waals surface area contributed by atoms with E-state index in [1.54, 1.807) is 9.80 Å². The summed E-state index contributed by atoms with van der Waals surface area (Å²) in [5.41, 5.74) is 1.70. The Hall–Kier alpha value is -2.08. The summed E-state index contributed by atoms with van der Waals surface area (Å²) >= 11 is 0. The van der Waals surface area contributed by atoms with Crippen LogP contribution in [0.1, 0.15) is 25.8 Å². The Morgan fingerprint density at radius 3 is 2.74 bits per heavy atom. The molecule has 0 aliphatic carbocycles. The predicted octanol–water partition coefficient (Wildman–Crippen LogP) is 1.65. The summed E-state index contributed by atoms with van der Waals surface area (Å²) in [5, 5.41) is 12.4. The van der Waals surface area contributed by atoms with Gasteiger partial charge in [0.15, 0.2) is 0 Å². The summed E-state index contributed by atoms with van der Waals surface area (Å²) in [7, 11) is 0. The molecule has 0 bridgehead atoms. The highest BCUT2D eigenvalue weighted by molar-refractivity contribution is 5.98. The van der Waals surface area contributed by atoms with Crippen molar-refractivity contribution in [3.8, 4) is 0 Å². The number of amides is 3. The Morgan fingerprint density at radius 2 is 2.09 bits per heavy atom. The zero-order chi connectivity index (χ0) is 16.6. The molecule has 1 unspecified atom stereocenters. The normalized spacial score (nSPS) is 22.7. The molecule has 0 saturated carbocycles. The van der Waals surface area contributed by atoms with E-state index < -0.39 is 12.1 Å². The maximum Gasteiger partial charge on any atom is 0.321 e. The first-order valence-corrected chi connectivity index (χ1v) is 8.13. The number of anilines is 1. The number of urea groups is 1. The molecule has 2 atom stereocenters. The number of carbonyl (C=O) groups is 2. The van der Waals surface area contributed by atoms with Crippen molar-refractivity contribution in [1.82, 2.24) is 9.80 Å². The van der Waals surface area contributed by atoms with E-state index in [0.29, 0.717) is 19.6 Å². The number of nitrogens with one attached hydrogen (secondary N) is 1. The van der Waals surface area contributed by atoms with Crippen LogP contribution in [0.15, 0.2) is 24.3 Å². The highest BCUT2D eigenvalue weighted by Crippen LogP contribution is 2.28. The second-order valence-electron chi connectivity index (χ2n) is 6.45. The van der Waals surface area contributed by atoms with E-state index in [9.17, 15) is 14.7 Å². The maximum atomic E-state index is 12.8. The van der Waals surface area contributed by atoms with Gasteiger partial charge in [-0.1, -0.05) is 38.5 Å². The van der Waals surface area contributed by atoms with Crippen molar-refractivity contribution < 1.29 is 14.7 Å². The van der Waals surface area contributed by atoms with Crippen molar-refractivity contribution in [2.24, 2.45) is 5.92 Å². The molecule has 1 saturated heterocycles. The molecule has 3 rings (SSSR count). The number of hydrogen-bond acceptors (Lipinski definition) is 3. The maximum absolute atomic E-state index is 12.8. The molecule has 2 aliphatic rings. The molecule has 0 spiro atoms. The Bertz CT molecular complexity index is 613. The number of benzene rings is 1. The molecule has 1 aromatic rings. The van der Waals surface area contributed by atoms with Gasteiger partial charge in [0.1, 0.15) is 6.04 Å². The third-order valence-electron chi connectivity index (χ3n) is 4.78. The van der Waals surface area contributed by atoms with Crippen LogP contribution in [0.4, 0.5) is 10.5 Å². The van der Waals surface area contributed by atoms with Gasteiger partial charge in [-0.15, -0.1) is 0 Å². The van der Waals surface area contributed by atoms with Crippen LogP contribution >= 0.6 is 0 Å². The number of β-amino-alcohol motifs (C(OH)–C–C–N with tert-alkyl or cyclic N) is 1. The van der Waals surface area contributed by atoms with Crippen molar-refractivity contribution in [3.63, 3.8) is 0 Å². The molecule has 0 aromatic heterocycles. The van der Waals surface area contributed by atoms with E-state index >= 15 is 0 Å². The van der Waals surface area contributed by atoms with Crippen LogP contribution in [0, 0.1) is 5.92 Å². The predicted molar refractivity (Wildman–Crippen MR) is 86.8 cm³/mol. The molecule has 1 aromatic carbocycles. The Balaban J connectivity index is 1.93. The van der Waals surface area contributed by atoms with Crippen LogP contribution in [0.5, 0.6) is 0 Å². The smallest absolute Gasteiger partial charge is 0.321 e. The molecule has 1 fully saturated rings. The van der Waals surface area contributed by atoms with Crippen molar-refractivity contribution in [2.45, 2.75) is 39.0 Å². The fraction of sp³-hybridized carbons (Fsp3) is 0.529. The lowest BCUT2D eigenvalue weighted by atomic mass is 9.96. The molecule has 6 heteroatoms. The first-order chi connectivity index (χ1) is 11.0. The third-order valence-corrected chi connectivity index (χ3v) is 4.78. The zero-order valence-electron chi connectivity index (χ0n) is 13.5. The molecular formula is C17H23N3O3. The van der Waals surface area contributed by atoms with Gasteiger partial charge < -0.3 is 20.2 Å². The van der Waals surface area contributed by atoms with E-state index in [1.165, 1.54) is 0 Å². The van der Waals surface area contributed by atoms with Crippen LogP contribution in [0.3, 0.4) is 0 Å². The number of aliphatic hydroxyl groups is 1. The quantitative estimate of drug-likeness (QED) is 0.871. The van der Waals surface area contributed by atoms with E-state index in [2.05, 4.69) is 5.32 Å². The van der Waals surface area contributed by atoms with Crippen molar-refractivity contribution in [3.05, 3.63) is 29.8 Å². The number of likely N-dealkylation sites (tertiary alicyclic amines) is 1. The number of carbonyl (C=O) groups excluding carboxylic acids is 2. The summed E-state index contributed by atoms with van der Waals surface area (Å²) in [5.74, 6) is -0.0850. The second-order valence-corrected chi connectivity index (χ2v) is 6.45. The Morgan fingerprint density at radius 1 is 1.39 bits per heavy atom. The number of hydrogen-bond donors (Lipinski definition) is 2. The lowest BCUT2D eigenvalue weighted by molar-refractivity contribution is -0.122. The average Bonchev–Trinajstić information content (AvgIpc) is 2.66. The Labute approximate surface area is 136 Å². The fourth-order valence-electron chi connectivity index (χ4n) is 3.18. The zero-order valence-corrected chi connectivity index (χ0v) is 13.5. The summed E-state index contributed by atoms with van der Waals surface area (Å²) in [6.45, 7) is 5.09. The Kier molecular flexibility index (Phi) is 4.26. The molecule has 0 radical (unpaired) electrons. The lowest BCUT2D eigenvalue weighted by Gasteiger charge is -2.42. The summed E-state index contributed by atoms with van der Waals surface area (Å²) in [6.07, 6.45) is 0.356. The van der Waals surface area contributed by atoms with E-state index in [1.807, 2.05) is 38.1 Å². The fourth-order valence-corrected chi connectivity index (χ4v) is 3.18. The largest absolute Gasteiger partial charge is 0.389 e. The standard InChI is InChI=1S/C17H23N3O3/c1-3-11(2)15-16(22)18-14-7-5-4-6-12(14)8-20(15)17(23)19-9-13(21)10-19/h4-7,11,13,15,21H,3,8-10H2,1-2H3,(H,18,22)/t11-,15?/m0/s1. The minimum absolute atomic E-state index is 0.0551. The topological polar surface area (TPSA) is 72.9 Å². The van der Waals surface area contributed by atoms with Crippen molar-refractivity contribution in [2.75, 3.05) is 18.4 Å². The summed E-state index contributed by atoms with van der Waals surface area (Å²) < 4.78 is 0. The highest BCUT2D eigenvalue weighted by Gasteiger charge is 2.41. The van der Waals surface area contributed by atoms with Crippen LogP contribution in [-0.2, 0) is 11.3 Å². The van der Waals surface area contributed by atoms with E-state index in [0.717, 1.165) is 17.7 Å². The van der Waals surface area contributed by atoms with Gasteiger partial charge in [0.25, 0.3) is 0 Å². The SMILES string of the molecule is CC[C@H](C)C1C(=O)Nc2ccccc2CN1C(=O)N1CC(O)C1. The van der Waals surface area contributed by atoms with Crippen molar-refractivity contribution >= 4 is 17.6 Å². The number of rotatable bonds is 2. The highest BCUT2D eigenvalue weighted by atomic mass is 16.3. The van der Waals surface area contributed by atoms with E-state index in [-0.39, 0.29) is 17.9 Å². The summed E-state index contributed by atoms with van der Waals surface area (Å²) in [4.78, 5) is 28.8. The first-order valence-electron chi connectivity index (χ1n) is 8.13. The number of fused-ring (bicyclic) bond motifs is 1. The minimum atomic E-state index is -0.502. The second kappa shape index (κ2) is 6.20. The molecule has 6 nitrogen and oxygen atoms in total.